The SMILES string of the molecule is Cc1cc([C@@](C)(CC[C@@H]2NC(=O)[C@@H](CC(=O)O)C[C@@H]2c2cccc(Cl)c2)c2ccc(Cl)cc2)on1. The second-order valence-corrected chi connectivity index (χ2v) is 10.4. The number of carboxylic acid groups (broad SMARTS) is 1. The van der Waals surface area contributed by atoms with Crippen LogP contribution in [-0.4, -0.2) is 28.2 Å². The number of nitrogens with one attached hydrogen (secondary N) is 1. The number of carbonyl (C=O) groups excluding carboxylic acids is 1. The van der Waals surface area contributed by atoms with E-state index in [9.17, 15) is 14.7 Å². The van der Waals surface area contributed by atoms with Gasteiger partial charge in [-0.3, -0.25) is 9.59 Å². The molecular weight excluding hydrogens is 487 g/mol. The Morgan fingerprint density at radius 2 is 1.91 bits per heavy atom. The van der Waals surface area contributed by atoms with Gasteiger partial charge in [-0.15, -0.1) is 0 Å². The lowest BCUT2D eigenvalue weighted by Gasteiger charge is -2.38. The van der Waals surface area contributed by atoms with E-state index in [-0.39, 0.29) is 24.3 Å². The van der Waals surface area contributed by atoms with Crippen LogP contribution in [0.25, 0.3) is 0 Å². The fraction of sp³-hybridized carbons (Fsp3) is 0.370. The van der Waals surface area contributed by atoms with Gasteiger partial charge in [0, 0.05) is 34.0 Å². The topological polar surface area (TPSA) is 92.4 Å². The summed E-state index contributed by atoms with van der Waals surface area (Å²) in [6.07, 6.45) is 1.55. The van der Waals surface area contributed by atoms with E-state index in [1.807, 2.05) is 55.5 Å². The summed E-state index contributed by atoms with van der Waals surface area (Å²) >= 11 is 12.4. The number of aromatic nitrogens is 1. The fourth-order valence-electron chi connectivity index (χ4n) is 5.04. The van der Waals surface area contributed by atoms with E-state index in [0.29, 0.717) is 29.3 Å². The van der Waals surface area contributed by atoms with Crippen molar-refractivity contribution >= 4 is 35.1 Å². The molecule has 8 heteroatoms. The van der Waals surface area contributed by atoms with Crippen molar-refractivity contribution in [2.75, 3.05) is 0 Å². The Hall–Kier alpha value is -2.83. The second-order valence-electron chi connectivity index (χ2n) is 9.52. The molecule has 1 fully saturated rings. The van der Waals surface area contributed by atoms with Crippen LogP contribution in [0.15, 0.2) is 59.1 Å². The van der Waals surface area contributed by atoms with Gasteiger partial charge in [-0.05, 0) is 68.5 Å². The van der Waals surface area contributed by atoms with Gasteiger partial charge in [0.1, 0.15) is 5.76 Å². The number of piperidine rings is 1. The Balaban J connectivity index is 1.65. The first-order chi connectivity index (χ1) is 16.7. The summed E-state index contributed by atoms with van der Waals surface area (Å²) in [5, 5.41) is 17.8. The number of nitrogens with zero attached hydrogens (tertiary/aromatic N) is 1. The van der Waals surface area contributed by atoms with E-state index in [1.165, 1.54) is 0 Å². The summed E-state index contributed by atoms with van der Waals surface area (Å²) < 4.78 is 5.71. The van der Waals surface area contributed by atoms with Crippen molar-refractivity contribution in [2.45, 2.75) is 56.9 Å². The minimum atomic E-state index is -0.982. The van der Waals surface area contributed by atoms with Crippen LogP contribution in [0.5, 0.6) is 0 Å². The molecule has 1 aromatic heterocycles. The van der Waals surface area contributed by atoms with Gasteiger partial charge in [0.2, 0.25) is 5.91 Å². The third kappa shape index (κ3) is 5.71. The van der Waals surface area contributed by atoms with Crippen LogP contribution in [0.3, 0.4) is 0 Å². The van der Waals surface area contributed by atoms with Crippen LogP contribution in [0.2, 0.25) is 10.0 Å². The Labute approximate surface area is 214 Å². The minimum Gasteiger partial charge on any atom is -0.481 e. The van der Waals surface area contributed by atoms with E-state index < -0.39 is 17.3 Å². The molecule has 4 rings (SSSR count). The number of carbonyl (C=O) groups is 2. The van der Waals surface area contributed by atoms with Crippen LogP contribution < -0.4 is 5.32 Å². The summed E-state index contributed by atoms with van der Waals surface area (Å²) in [6, 6.07) is 17.0. The predicted octanol–water partition coefficient (Wildman–Crippen LogP) is 6.14. The van der Waals surface area contributed by atoms with Gasteiger partial charge in [-0.2, -0.15) is 0 Å². The third-order valence-corrected chi connectivity index (χ3v) is 7.52. The van der Waals surface area contributed by atoms with Crippen molar-refractivity contribution in [3.8, 4) is 0 Å². The summed E-state index contributed by atoms with van der Waals surface area (Å²) in [6.45, 7) is 3.98. The Morgan fingerprint density at radius 3 is 2.54 bits per heavy atom. The van der Waals surface area contributed by atoms with Gasteiger partial charge in [0.15, 0.2) is 0 Å². The van der Waals surface area contributed by atoms with E-state index >= 15 is 0 Å². The first-order valence-electron chi connectivity index (χ1n) is 11.6. The van der Waals surface area contributed by atoms with Crippen molar-refractivity contribution in [3.63, 3.8) is 0 Å². The number of amides is 1. The van der Waals surface area contributed by atoms with Crippen molar-refractivity contribution < 1.29 is 19.2 Å². The second kappa shape index (κ2) is 10.4. The van der Waals surface area contributed by atoms with Crippen LogP contribution in [0.1, 0.15) is 61.1 Å². The average molecular weight is 515 g/mol. The summed E-state index contributed by atoms with van der Waals surface area (Å²) in [7, 11) is 0. The maximum Gasteiger partial charge on any atom is 0.304 e. The molecule has 1 aliphatic heterocycles. The first kappa shape index (κ1) is 25.3. The van der Waals surface area contributed by atoms with E-state index in [1.54, 1.807) is 6.07 Å². The molecular formula is C27H28Cl2N2O4. The van der Waals surface area contributed by atoms with Gasteiger partial charge in [0.25, 0.3) is 0 Å². The molecule has 0 radical (unpaired) electrons. The van der Waals surface area contributed by atoms with E-state index in [2.05, 4.69) is 17.4 Å². The highest BCUT2D eigenvalue weighted by Crippen LogP contribution is 2.41. The zero-order valence-corrected chi connectivity index (χ0v) is 21.1. The number of rotatable bonds is 8. The zero-order valence-electron chi connectivity index (χ0n) is 19.6. The summed E-state index contributed by atoms with van der Waals surface area (Å²) in [5.74, 6) is -1.12. The fourth-order valence-corrected chi connectivity index (χ4v) is 5.36. The number of aryl methyl sites for hydroxylation is 1. The highest BCUT2D eigenvalue weighted by molar-refractivity contribution is 6.30. The summed E-state index contributed by atoms with van der Waals surface area (Å²) in [4.78, 5) is 24.2. The van der Waals surface area contributed by atoms with E-state index in [0.717, 1.165) is 22.6 Å². The lowest BCUT2D eigenvalue weighted by Crippen LogP contribution is -2.49. The molecule has 0 bridgehead atoms. The highest BCUT2D eigenvalue weighted by Gasteiger charge is 2.40. The molecule has 2 heterocycles. The summed E-state index contributed by atoms with van der Waals surface area (Å²) in [5.41, 5.74) is 2.30. The molecule has 1 saturated heterocycles. The molecule has 3 aromatic rings. The lowest BCUT2D eigenvalue weighted by atomic mass is 9.72. The maximum absolute atomic E-state index is 12.8. The molecule has 1 aliphatic rings. The number of carboxylic acids is 1. The first-order valence-corrected chi connectivity index (χ1v) is 12.4. The van der Waals surface area contributed by atoms with Crippen molar-refractivity contribution in [2.24, 2.45) is 5.92 Å². The number of hydrogen-bond acceptors (Lipinski definition) is 4. The quantitative estimate of drug-likeness (QED) is 0.376. The maximum atomic E-state index is 12.8. The van der Waals surface area contributed by atoms with Gasteiger partial charge in [-0.25, -0.2) is 0 Å². The van der Waals surface area contributed by atoms with Crippen molar-refractivity contribution in [1.82, 2.24) is 10.5 Å². The molecule has 1 amide bonds. The Morgan fingerprint density at radius 1 is 1.17 bits per heavy atom. The molecule has 35 heavy (non-hydrogen) atoms. The third-order valence-electron chi connectivity index (χ3n) is 7.03. The monoisotopic (exact) mass is 514 g/mol. The molecule has 2 N–H and O–H groups in total. The van der Waals surface area contributed by atoms with Gasteiger partial charge >= 0.3 is 5.97 Å². The molecule has 184 valence electrons. The highest BCUT2D eigenvalue weighted by atomic mass is 35.5. The van der Waals surface area contributed by atoms with Gasteiger partial charge < -0.3 is 14.9 Å². The normalized spacial score (nSPS) is 21.8. The minimum absolute atomic E-state index is 0.0679. The van der Waals surface area contributed by atoms with E-state index in [4.69, 9.17) is 27.7 Å². The molecule has 2 aromatic carbocycles. The van der Waals surface area contributed by atoms with Crippen LogP contribution in [0, 0.1) is 12.8 Å². The largest absolute Gasteiger partial charge is 0.481 e. The standard InChI is InChI=1S/C27H28Cl2N2O4/c1-16-12-24(35-31-16)27(2,19-6-8-20(28)9-7-19)11-10-23-22(17-4-3-5-21(29)13-17)14-18(15-25(32)33)26(34)30-23/h3-9,12-13,18,22-23H,10-11,14-15H2,1-2H3,(H,30,34)(H,32,33)/t18-,22-,23+,27+/m1/s1. The van der Waals surface area contributed by atoms with Gasteiger partial charge in [0.05, 0.1) is 17.5 Å². The lowest BCUT2D eigenvalue weighted by molar-refractivity contribution is -0.142. The molecule has 0 unspecified atom stereocenters. The smallest absolute Gasteiger partial charge is 0.304 e. The molecule has 6 nitrogen and oxygen atoms in total. The van der Waals surface area contributed by atoms with Crippen LogP contribution in [0.4, 0.5) is 0 Å². The number of halogens is 2. The van der Waals surface area contributed by atoms with Crippen molar-refractivity contribution in [1.29, 1.82) is 0 Å². The zero-order chi connectivity index (χ0) is 25.2. The van der Waals surface area contributed by atoms with Crippen LogP contribution in [-0.2, 0) is 15.0 Å². The van der Waals surface area contributed by atoms with Crippen molar-refractivity contribution in [3.05, 3.63) is 87.2 Å². The number of hydrogen-bond donors (Lipinski definition) is 2. The van der Waals surface area contributed by atoms with Gasteiger partial charge in [-0.1, -0.05) is 52.6 Å². The molecule has 0 spiro atoms. The molecule has 4 atom stereocenters. The Bertz CT molecular complexity index is 1210. The number of benzene rings is 2. The molecule has 0 saturated carbocycles. The average Bonchev–Trinajstić information content (AvgIpc) is 3.26. The predicted molar refractivity (Wildman–Crippen MR) is 135 cm³/mol. The Kier molecular flexibility index (Phi) is 7.53. The van der Waals surface area contributed by atoms with Crippen LogP contribution >= 0.6 is 23.2 Å². The number of aliphatic carboxylic acids is 1. The molecule has 0 aliphatic carbocycles.